The Balaban J connectivity index is 4.59. The lowest BCUT2D eigenvalue weighted by atomic mass is 11.9. The fourth-order valence-corrected chi connectivity index (χ4v) is 15.3. The lowest BCUT2D eigenvalue weighted by molar-refractivity contribution is 0.276. The zero-order valence-corrected chi connectivity index (χ0v) is 16.1. The molecule has 0 saturated carbocycles. The molecule has 0 N–H and O–H groups in total. The van der Waals surface area contributed by atoms with Gasteiger partial charge in [-0.1, -0.05) is 0 Å². The van der Waals surface area contributed by atoms with Gasteiger partial charge in [-0.2, -0.15) is 0 Å². The standard InChI is InChI=1S/C7H23O3Si5/c1-12(2)8-15(7-11,9-13(3)4)10-14(5)6/h12-14H,7H2,1-6H3. The number of rotatable bonds is 7. The van der Waals surface area contributed by atoms with Gasteiger partial charge < -0.3 is 12.3 Å². The summed E-state index contributed by atoms with van der Waals surface area (Å²) in [5.74, 6) is 0. The summed E-state index contributed by atoms with van der Waals surface area (Å²) in [6.45, 7) is 13.0. The first-order valence-electron chi connectivity index (χ1n) is 5.49. The first-order chi connectivity index (χ1) is 6.81. The van der Waals surface area contributed by atoms with Gasteiger partial charge in [-0.25, -0.2) is 0 Å². The molecule has 0 unspecified atom stereocenters. The van der Waals surface area contributed by atoms with Crippen molar-refractivity contribution in [1.82, 2.24) is 0 Å². The molecule has 0 bridgehead atoms. The molecule has 0 aliphatic rings. The average molecular weight is 296 g/mol. The number of hydrogen-bond acceptors (Lipinski definition) is 3. The largest absolute Gasteiger partial charge is 0.465 e. The van der Waals surface area contributed by atoms with E-state index in [0.29, 0.717) is 0 Å². The summed E-state index contributed by atoms with van der Waals surface area (Å²) in [5.41, 5.74) is 0.731. The van der Waals surface area contributed by atoms with Crippen LogP contribution in [0.1, 0.15) is 0 Å². The summed E-state index contributed by atoms with van der Waals surface area (Å²) < 4.78 is 18.2. The molecule has 0 amide bonds. The molecule has 3 radical (unpaired) electrons. The third-order valence-electron chi connectivity index (χ3n) is 1.46. The Labute approximate surface area is 103 Å². The van der Waals surface area contributed by atoms with Gasteiger partial charge in [0.15, 0.2) is 27.1 Å². The Morgan fingerprint density at radius 3 is 1.20 bits per heavy atom. The maximum Gasteiger partial charge on any atom is 0.465 e. The summed E-state index contributed by atoms with van der Waals surface area (Å²) in [6, 6.07) is 0. The van der Waals surface area contributed by atoms with Crippen molar-refractivity contribution < 1.29 is 12.3 Å². The van der Waals surface area contributed by atoms with Crippen molar-refractivity contribution in [1.29, 1.82) is 0 Å². The molecule has 0 rings (SSSR count). The summed E-state index contributed by atoms with van der Waals surface area (Å²) in [5, 5.41) is 0. The molecule has 3 nitrogen and oxygen atoms in total. The zero-order valence-electron chi connectivity index (χ0n) is 10.7. The van der Waals surface area contributed by atoms with Gasteiger partial charge in [0.1, 0.15) is 0 Å². The molecule has 0 saturated heterocycles. The molecular formula is C7H23O3Si5. The van der Waals surface area contributed by atoms with Crippen LogP contribution in [0.3, 0.4) is 0 Å². The lowest BCUT2D eigenvalue weighted by Gasteiger charge is -2.34. The van der Waals surface area contributed by atoms with Crippen LogP contribution >= 0.6 is 0 Å². The fourth-order valence-electron chi connectivity index (χ4n) is 1.29. The maximum atomic E-state index is 6.06. The minimum absolute atomic E-state index is 0.731. The van der Waals surface area contributed by atoms with Gasteiger partial charge in [0.2, 0.25) is 0 Å². The Morgan fingerprint density at radius 2 is 1.07 bits per heavy atom. The van der Waals surface area contributed by atoms with Crippen LogP contribution in [0.25, 0.3) is 0 Å². The van der Waals surface area contributed by atoms with Crippen LogP contribution in [0, 0.1) is 0 Å². The van der Waals surface area contributed by atoms with E-state index in [4.69, 9.17) is 12.3 Å². The summed E-state index contributed by atoms with van der Waals surface area (Å²) in [6.07, 6.45) is 0. The highest BCUT2D eigenvalue weighted by atomic mass is 28.5. The highest BCUT2D eigenvalue weighted by molar-refractivity contribution is 6.82. The fraction of sp³-hybridized carbons (Fsp3) is 1.00. The molecule has 8 heteroatoms. The Hall–Kier alpha value is 0.964. The van der Waals surface area contributed by atoms with Gasteiger partial charge in [0, 0.05) is 15.9 Å². The first-order valence-corrected chi connectivity index (χ1v) is 16.5. The van der Waals surface area contributed by atoms with Gasteiger partial charge >= 0.3 is 8.80 Å². The average Bonchev–Trinajstić information content (AvgIpc) is 1.99. The molecule has 0 heterocycles. The lowest BCUT2D eigenvalue weighted by Crippen LogP contribution is -2.53. The van der Waals surface area contributed by atoms with Gasteiger partial charge in [0.05, 0.1) is 0 Å². The van der Waals surface area contributed by atoms with E-state index >= 15 is 0 Å². The van der Waals surface area contributed by atoms with Crippen molar-refractivity contribution in [2.24, 2.45) is 0 Å². The van der Waals surface area contributed by atoms with E-state index in [2.05, 4.69) is 49.5 Å². The second-order valence-electron chi connectivity index (χ2n) is 4.36. The molecule has 0 atom stereocenters. The first kappa shape index (κ1) is 16.0. The van der Waals surface area contributed by atoms with Gasteiger partial charge in [0.25, 0.3) is 0 Å². The molecule has 0 aliphatic heterocycles. The molecule has 0 spiro atoms. The van der Waals surface area contributed by atoms with Crippen LogP contribution in [0.4, 0.5) is 0 Å². The van der Waals surface area contributed by atoms with E-state index in [9.17, 15) is 0 Å². The van der Waals surface area contributed by atoms with Crippen molar-refractivity contribution in [2.75, 3.05) is 0 Å². The molecule has 0 aliphatic carbocycles. The Kier molecular flexibility index (Phi) is 7.79. The zero-order chi connectivity index (χ0) is 12.1. The highest BCUT2D eigenvalue weighted by Crippen LogP contribution is 2.17. The maximum absolute atomic E-state index is 6.06. The van der Waals surface area contributed by atoms with Crippen molar-refractivity contribution in [3.05, 3.63) is 0 Å². The molecular weight excluding hydrogens is 273 g/mol. The normalized spacial score (nSPS) is 13.2. The SMILES string of the molecule is C[SiH](C)O[Si](C[Si])(O[SiH](C)C)O[SiH](C)C. The van der Waals surface area contributed by atoms with Crippen LogP contribution in [0.5, 0.6) is 0 Å². The van der Waals surface area contributed by atoms with Gasteiger partial charge in [-0.15, -0.1) is 0 Å². The highest BCUT2D eigenvalue weighted by Gasteiger charge is 2.40. The predicted octanol–water partition coefficient (Wildman–Crippen LogP) is 1.05. The molecule has 89 valence electrons. The third-order valence-corrected chi connectivity index (χ3v) is 13.2. The van der Waals surface area contributed by atoms with Crippen LogP contribution in [-0.4, -0.2) is 46.2 Å². The molecule has 15 heavy (non-hydrogen) atoms. The smallest absolute Gasteiger partial charge is 0.420 e. The van der Waals surface area contributed by atoms with Crippen LogP contribution in [0.15, 0.2) is 0 Å². The van der Waals surface area contributed by atoms with Crippen molar-refractivity contribution >= 4 is 46.2 Å². The topological polar surface area (TPSA) is 27.7 Å². The summed E-state index contributed by atoms with van der Waals surface area (Å²) in [4.78, 5) is 0. The van der Waals surface area contributed by atoms with Crippen LogP contribution < -0.4 is 0 Å². The third kappa shape index (κ3) is 6.99. The van der Waals surface area contributed by atoms with E-state index in [1.165, 1.54) is 0 Å². The Bertz CT molecular complexity index is 149. The summed E-state index contributed by atoms with van der Waals surface area (Å²) in [7, 11) is -2.11. The Morgan fingerprint density at radius 1 is 0.800 bits per heavy atom. The monoisotopic (exact) mass is 295 g/mol. The van der Waals surface area contributed by atoms with Crippen molar-refractivity contribution in [3.8, 4) is 0 Å². The minimum Gasteiger partial charge on any atom is -0.420 e. The summed E-state index contributed by atoms with van der Waals surface area (Å²) >= 11 is 0. The van der Waals surface area contributed by atoms with E-state index in [-0.39, 0.29) is 0 Å². The molecule has 0 aromatic heterocycles. The molecule has 0 aromatic carbocycles. The second kappa shape index (κ2) is 7.32. The van der Waals surface area contributed by atoms with Crippen molar-refractivity contribution in [3.63, 3.8) is 0 Å². The molecule has 0 fully saturated rings. The van der Waals surface area contributed by atoms with Gasteiger partial charge in [-0.05, 0) is 39.3 Å². The predicted molar refractivity (Wildman–Crippen MR) is 76.2 cm³/mol. The molecule has 0 aromatic rings. The van der Waals surface area contributed by atoms with Crippen LogP contribution in [0.2, 0.25) is 44.9 Å². The van der Waals surface area contributed by atoms with Crippen LogP contribution in [-0.2, 0) is 12.3 Å². The van der Waals surface area contributed by atoms with E-state index in [1.807, 2.05) is 0 Å². The number of hydrogen-bond donors (Lipinski definition) is 0. The van der Waals surface area contributed by atoms with Crippen molar-refractivity contribution in [2.45, 2.75) is 44.9 Å². The van der Waals surface area contributed by atoms with E-state index < -0.39 is 35.9 Å². The second-order valence-corrected chi connectivity index (χ2v) is 16.3. The van der Waals surface area contributed by atoms with E-state index in [1.54, 1.807) is 0 Å². The van der Waals surface area contributed by atoms with Gasteiger partial charge in [-0.3, -0.25) is 0 Å². The minimum atomic E-state index is -2.36. The van der Waals surface area contributed by atoms with E-state index in [0.717, 1.165) is 5.67 Å². The quantitative estimate of drug-likeness (QED) is 0.657.